The van der Waals surface area contributed by atoms with Gasteiger partial charge in [0.2, 0.25) is 0 Å². The first-order chi connectivity index (χ1) is 8.54. The molecule has 1 fully saturated rings. The number of hydrogen-bond donors (Lipinski definition) is 0. The Morgan fingerprint density at radius 2 is 2.00 bits per heavy atom. The Morgan fingerprint density at radius 1 is 1.33 bits per heavy atom. The smallest absolute Gasteiger partial charge is 0.330 e. The van der Waals surface area contributed by atoms with E-state index in [1.165, 1.54) is 6.08 Å². The quantitative estimate of drug-likeness (QED) is 0.396. The highest BCUT2D eigenvalue weighted by Gasteiger charge is 2.46. The number of rotatable bonds is 7. The fourth-order valence-corrected chi connectivity index (χ4v) is 2.17. The van der Waals surface area contributed by atoms with Crippen molar-refractivity contribution in [3.8, 4) is 0 Å². The average Bonchev–Trinajstić information content (AvgIpc) is 2.39. The van der Waals surface area contributed by atoms with E-state index in [0.29, 0.717) is 25.4 Å². The summed E-state index contributed by atoms with van der Waals surface area (Å²) in [5, 5.41) is 0. The summed E-state index contributed by atoms with van der Waals surface area (Å²) in [6, 6.07) is 0. The van der Waals surface area contributed by atoms with Gasteiger partial charge in [-0.05, 0) is 31.6 Å². The largest absolute Gasteiger partial charge is 0.463 e. The van der Waals surface area contributed by atoms with Crippen molar-refractivity contribution in [1.82, 2.24) is 0 Å². The van der Waals surface area contributed by atoms with E-state index in [-0.39, 0.29) is 5.97 Å². The van der Waals surface area contributed by atoms with Crippen LogP contribution in [0.3, 0.4) is 0 Å². The molecule has 0 N–H and O–H groups in total. The molecule has 4 heteroatoms. The predicted molar refractivity (Wildman–Crippen MR) is 67.8 cm³/mol. The molecule has 1 saturated carbocycles. The molecule has 2 unspecified atom stereocenters. The molecule has 1 rings (SSSR count). The fraction of sp³-hybridized carbons (Fsp3) is 0.571. The maximum Gasteiger partial charge on any atom is 0.330 e. The second-order valence-electron chi connectivity index (χ2n) is 4.60. The van der Waals surface area contributed by atoms with Crippen molar-refractivity contribution in [1.29, 1.82) is 0 Å². The fourth-order valence-electron chi connectivity index (χ4n) is 2.17. The van der Waals surface area contributed by atoms with Crippen molar-refractivity contribution >= 4 is 11.9 Å². The van der Waals surface area contributed by atoms with Gasteiger partial charge in [0.1, 0.15) is 5.60 Å². The first kappa shape index (κ1) is 14.5. The standard InChI is InChI=1S/C14H20O4/c1-4-12(15)17-10-6-8-14(9-7-11(14)3)18-13(16)5-2/h4-5,11H,1-2,6-10H2,3H3. The molecule has 0 aromatic heterocycles. The molecular weight excluding hydrogens is 232 g/mol. The van der Waals surface area contributed by atoms with Crippen LogP contribution in [0.5, 0.6) is 0 Å². The van der Waals surface area contributed by atoms with E-state index in [0.717, 1.165) is 18.9 Å². The second kappa shape index (κ2) is 6.38. The Bertz CT molecular complexity index is 348. The Kier molecular flexibility index (Phi) is 5.13. The highest BCUT2D eigenvalue weighted by Crippen LogP contribution is 2.45. The van der Waals surface area contributed by atoms with E-state index < -0.39 is 11.6 Å². The Hall–Kier alpha value is -1.58. The highest BCUT2D eigenvalue weighted by molar-refractivity contribution is 5.81. The SMILES string of the molecule is C=CC(=O)OCCCC1(OC(=O)C=C)CCC1C. The molecule has 2 atom stereocenters. The van der Waals surface area contributed by atoms with Crippen LogP contribution in [0.2, 0.25) is 0 Å². The first-order valence-corrected chi connectivity index (χ1v) is 6.18. The van der Waals surface area contributed by atoms with Crippen LogP contribution in [0.1, 0.15) is 32.6 Å². The lowest BCUT2D eigenvalue weighted by Gasteiger charge is -2.47. The lowest BCUT2D eigenvalue weighted by atomic mass is 9.68. The van der Waals surface area contributed by atoms with E-state index in [1.807, 2.05) is 0 Å². The van der Waals surface area contributed by atoms with E-state index >= 15 is 0 Å². The summed E-state index contributed by atoms with van der Waals surface area (Å²) in [7, 11) is 0. The van der Waals surface area contributed by atoms with Gasteiger partial charge in [-0.15, -0.1) is 0 Å². The third-order valence-corrected chi connectivity index (χ3v) is 3.52. The molecule has 0 amide bonds. The molecule has 0 heterocycles. The third kappa shape index (κ3) is 3.45. The van der Waals surface area contributed by atoms with Crippen molar-refractivity contribution < 1.29 is 19.1 Å². The summed E-state index contributed by atoms with van der Waals surface area (Å²) >= 11 is 0. The minimum Gasteiger partial charge on any atom is -0.463 e. The molecule has 1 aliphatic carbocycles. The average molecular weight is 252 g/mol. The predicted octanol–water partition coefficient (Wildman–Crippen LogP) is 2.39. The van der Waals surface area contributed by atoms with Gasteiger partial charge < -0.3 is 9.47 Å². The number of ether oxygens (including phenoxy) is 2. The van der Waals surface area contributed by atoms with Crippen molar-refractivity contribution in [2.45, 2.75) is 38.2 Å². The van der Waals surface area contributed by atoms with Crippen LogP contribution < -0.4 is 0 Å². The van der Waals surface area contributed by atoms with Crippen LogP contribution in [-0.2, 0) is 19.1 Å². The van der Waals surface area contributed by atoms with E-state index in [2.05, 4.69) is 20.1 Å². The van der Waals surface area contributed by atoms with Crippen LogP contribution in [-0.4, -0.2) is 24.1 Å². The molecule has 0 aromatic carbocycles. The maximum atomic E-state index is 11.3. The molecule has 0 aliphatic heterocycles. The second-order valence-corrected chi connectivity index (χ2v) is 4.60. The summed E-state index contributed by atoms with van der Waals surface area (Å²) in [5.41, 5.74) is -0.397. The van der Waals surface area contributed by atoms with Gasteiger partial charge in [-0.1, -0.05) is 20.1 Å². The van der Waals surface area contributed by atoms with Gasteiger partial charge in [0, 0.05) is 12.2 Å². The molecule has 0 radical (unpaired) electrons. The summed E-state index contributed by atoms with van der Waals surface area (Å²) < 4.78 is 10.4. The molecule has 4 nitrogen and oxygen atoms in total. The molecule has 0 saturated heterocycles. The van der Waals surface area contributed by atoms with Crippen LogP contribution >= 0.6 is 0 Å². The third-order valence-electron chi connectivity index (χ3n) is 3.52. The summed E-state index contributed by atoms with van der Waals surface area (Å²) in [4.78, 5) is 22.2. The van der Waals surface area contributed by atoms with Crippen LogP contribution in [0.15, 0.2) is 25.3 Å². The molecular formula is C14H20O4. The van der Waals surface area contributed by atoms with Gasteiger partial charge in [-0.3, -0.25) is 0 Å². The number of carbonyl (C=O) groups is 2. The normalized spacial score (nSPS) is 25.7. The van der Waals surface area contributed by atoms with E-state index in [4.69, 9.17) is 9.47 Å². The van der Waals surface area contributed by atoms with Gasteiger partial charge in [0.25, 0.3) is 0 Å². The number of esters is 2. The van der Waals surface area contributed by atoms with Gasteiger partial charge in [0.15, 0.2) is 0 Å². The molecule has 100 valence electrons. The minimum atomic E-state index is -0.422. The molecule has 18 heavy (non-hydrogen) atoms. The lowest BCUT2D eigenvalue weighted by molar-refractivity contribution is -0.177. The Labute approximate surface area is 108 Å². The highest BCUT2D eigenvalue weighted by atomic mass is 16.6. The van der Waals surface area contributed by atoms with Crippen molar-refractivity contribution in [3.05, 3.63) is 25.3 Å². The van der Waals surface area contributed by atoms with Gasteiger partial charge in [-0.2, -0.15) is 0 Å². The first-order valence-electron chi connectivity index (χ1n) is 6.18. The van der Waals surface area contributed by atoms with Crippen molar-refractivity contribution in [2.75, 3.05) is 6.61 Å². The summed E-state index contributed by atoms with van der Waals surface area (Å²) in [6.07, 6.45) is 5.62. The molecule has 0 bridgehead atoms. The zero-order chi connectivity index (χ0) is 13.6. The van der Waals surface area contributed by atoms with Crippen molar-refractivity contribution in [3.63, 3.8) is 0 Å². The van der Waals surface area contributed by atoms with Crippen molar-refractivity contribution in [2.24, 2.45) is 5.92 Å². The molecule has 0 aromatic rings. The number of hydrogen-bond acceptors (Lipinski definition) is 4. The van der Waals surface area contributed by atoms with Gasteiger partial charge in [0.05, 0.1) is 6.61 Å². The molecule has 1 aliphatic rings. The topological polar surface area (TPSA) is 52.6 Å². The van der Waals surface area contributed by atoms with Crippen LogP contribution in [0.4, 0.5) is 0 Å². The minimum absolute atomic E-state index is 0.324. The molecule has 0 spiro atoms. The van der Waals surface area contributed by atoms with E-state index in [1.54, 1.807) is 0 Å². The Morgan fingerprint density at radius 3 is 2.44 bits per heavy atom. The zero-order valence-electron chi connectivity index (χ0n) is 10.8. The van der Waals surface area contributed by atoms with Gasteiger partial charge >= 0.3 is 11.9 Å². The number of carbonyl (C=O) groups excluding carboxylic acids is 2. The maximum absolute atomic E-state index is 11.3. The van der Waals surface area contributed by atoms with Crippen LogP contribution in [0.25, 0.3) is 0 Å². The van der Waals surface area contributed by atoms with E-state index in [9.17, 15) is 9.59 Å². The Balaban J connectivity index is 2.39. The lowest BCUT2D eigenvalue weighted by Crippen LogP contribution is -2.49. The summed E-state index contributed by atoms with van der Waals surface area (Å²) in [5.74, 6) is -0.463. The van der Waals surface area contributed by atoms with Gasteiger partial charge in [-0.25, -0.2) is 9.59 Å². The summed E-state index contributed by atoms with van der Waals surface area (Å²) in [6.45, 7) is 9.12. The monoisotopic (exact) mass is 252 g/mol. The van der Waals surface area contributed by atoms with Crippen LogP contribution in [0, 0.1) is 5.92 Å². The zero-order valence-corrected chi connectivity index (χ0v) is 10.8.